The number of nitrogens with one attached hydrogen (secondary N) is 1. The Labute approximate surface area is 164 Å². The van der Waals surface area contributed by atoms with Gasteiger partial charge in [0.1, 0.15) is 33.6 Å². The largest absolute Gasteiger partial charge is 0.482 e. The lowest BCUT2D eigenvalue weighted by Crippen LogP contribution is -2.21. The number of rotatable bonds is 8. The molecule has 28 heavy (non-hydrogen) atoms. The third-order valence-electron chi connectivity index (χ3n) is 3.48. The summed E-state index contributed by atoms with van der Waals surface area (Å²) in [7, 11) is 1.42. The first-order valence-electron chi connectivity index (χ1n) is 8.21. The van der Waals surface area contributed by atoms with Gasteiger partial charge in [-0.2, -0.15) is 0 Å². The van der Waals surface area contributed by atoms with Gasteiger partial charge in [-0.3, -0.25) is 4.79 Å². The Balaban J connectivity index is 2.11. The van der Waals surface area contributed by atoms with E-state index in [0.29, 0.717) is 0 Å². The zero-order valence-corrected chi connectivity index (χ0v) is 16.1. The van der Waals surface area contributed by atoms with Crippen LogP contribution in [-0.2, 0) is 20.9 Å². The second kappa shape index (κ2) is 9.70. The molecule has 0 aliphatic rings. The van der Waals surface area contributed by atoms with Crippen LogP contribution in [0.5, 0.6) is 5.75 Å². The fourth-order valence-electron chi connectivity index (χ4n) is 2.24. The molecule has 0 atom stereocenters. The molecule has 1 heterocycles. The fourth-order valence-corrected chi connectivity index (χ4v) is 3.25. The highest BCUT2D eigenvalue weighted by molar-refractivity contribution is 7.18. The minimum atomic E-state index is -0.772. The molecule has 10 heteroatoms. The third-order valence-corrected chi connectivity index (χ3v) is 4.54. The van der Waals surface area contributed by atoms with Crippen molar-refractivity contribution in [2.24, 2.45) is 0 Å². The molecule has 0 aliphatic heterocycles. The van der Waals surface area contributed by atoms with Crippen LogP contribution in [0.2, 0.25) is 0 Å². The molecule has 0 radical (unpaired) electrons. The summed E-state index contributed by atoms with van der Waals surface area (Å²) in [5.74, 6) is -2.31. The molecule has 150 valence electrons. The van der Waals surface area contributed by atoms with Crippen LogP contribution in [0.1, 0.15) is 32.5 Å². The van der Waals surface area contributed by atoms with Gasteiger partial charge in [0, 0.05) is 18.7 Å². The number of anilines is 1. The monoisotopic (exact) mass is 410 g/mol. The Morgan fingerprint density at radius 2 is 2.00 bits per heavy atom. The number of hydrogen-bond donors (Lipinski definition) is 2. The Morgan fingerprint density at radius 1 is 1.25 bits per heavy atom. The first-order chi connectivity index (χ1) is 13.4. The Hall–Kier alpha value is -3.14. The predicted octanol–water partition coefficient (Wildman–Crippen LogP) is 2.13. The molecule has 0 bridgehead atoms. The lowest BCUT2D eigenvalue weighted by molar-refractivity contribution is -0.147. The van der Waals surface area contributed by atoms with Crippen LogP contribution in [-0.4, -0.2) is 38.1 Å². The summed E-state index contributed by atoms with van der Waals surface area (Å²) in [6.45, 7) is 0.886. The summed E-state index contributed by atoms with van der Waals surface area (Å²) in [4.78, 5) is 36.3. The number of nitrogen functional groups attached to an aromatic ring is 1. The Kier molecular flexibility index (Phi) is 7.33. The highest BCUT2D eigenvalue weighted by Gasteiger charge is 2.27. The van der Waals surface area contributed by atoms with Gasteiger partial charge in [0.2, 0.25) is 0 Å². The molecule has 1 aromatic carbocycles. The van der Waals surface area contributed by atoms with E-state index >= 15 is 0 Å². The number of thiophene rings is 1. The SMILES string of the molecule is CCOC(=O)c1c(N)sc(C(=O)NC)c1COC(=O)COc1cccc(F)c1. The van der Waals surface area contributed by atoms with Gasteiger partial charge in [-0.25, -0.2) is 14.0 Å². The normalized spacial score (nSPS) is 10.2. The molecule has 8 nitrogen and oxygen atoms in total. The number of nitrogens with two attached hydrogens (primary N) is 1. The van der Waals surface area contributed by atoms with E-state index in [-0.39, 0.29) is 40.0 Å². The molecule has 0 fully saturated rings. The van der Waals surface area contributed by atoms with Gasteiger partial charge in [-0.05, 0) is 19.1 Å². The summed E-state index contributed by atoms with van der Waals surface area (Å²) in [6.07, 6.45) is 0. The van der Waals surface area contributed by atoms with Crippen LogP contribution < -0.4 is 15.8 Å². The Bertz CT molecular complexity index is 883. The smallest absolute Gasteiger partial charge is 0.344 e. The van der Waals surface area contributed by atoms with Crippen LogP contribution in [0, 0.1) is 5.82 Å². The van der Waals surface area contributed by atoms with Crippen LogP contribution in [0.15, 0.2) is 24.3 Å². The van der Waals surface area contributed by atoms with Crippen LogP contribution in [0.25, 0.3) is 0 Å². The first-order valence-corrected chi connectivity index (χ1v) is 9.03. The molecule has 3 N–H and O–H groups in total. The van der Waals surface area contributed by atoms with Crippen molar-refractivity contribution in [3.8, 4) is 5.75 Å². The lowest BCUT2D eigenvalue weighted by atomic mass is 10.1. The van der Waals surface area contributed by atoms with Crippen molar-refractivity contribution in [3.63, 3.8) is 0 Å². The van der Waals surface area contributed by atoms with Gasteiger partial charge in [-0.15, -0.1) is 11.3 Å². The predicted molar refractivity (Wildman–Crippen MR) is 99.8 cm³/mol. The second-order valence-corrected chi connectivity index (χ2v) is 6.41. The average molecular weight is 410 g/mol. The average Bonchev–Trinajstić information content (AvgIpc) is 3.00. The minimum Gasteiger partial charge on any atom is -0.482 e. The number of esters is 2. The van der Waals surface area contributed by atoms with Gasteiger partial charge < -0.3 is 25.3 Å². The van der Waals surface area contributed by atoms with Crippen molar-refractivity contribution in [3.05, 3.63) is 46.1 Å². The topological polar surface area (TPSA) is 117 Å². The van der Waals surface area contributed by atoms with E-state index in [0.717, 1.165) is 17.4 Å². The molecule has 1 aromatic heterocycles. The summed E-state index contributed by atoms with van der Waals surface area (Å²) < 4.78 is 28.3. The maximum atomic E-state index is 13.1. The second-order valence-electron chi connectivity index (χ2n) is 5.36. The number of benzene rings is 1. The van der Waals surface area contributed by atoms with E-state index in [1.165, 1.54) is 25.2 Å². The van der Waals surface area contributed by atoms with E-state index in [1.807, 2.05) is 0 Å². The third kappa shape index (κ3) is 5.19. The van der Waals surface area contributed by atoms with Crippen LogP contribution >= 0.6 is 11.3 Å². The van der Waals surface area contributed by atoms with Crippen molar-refractivity contribution < 1.29 is 33.0 Å². The standard InChI is InChI=1S/C18H19FN2O6S/c1-3-25-18(24)14-12(15(17(23)21-2)28-16(14)20)8-27-13(22)9-26-11-6-4-5-10(19)7-11/h4-7H,3,8-9,20H2,1-2H3,(H,21,23). The zero-order chi connectivity index (χ0) is 20.7. The van der Waals surface area contributed by atoms with Crippen LogP contribution in [0.3, 0.4) is 0 Å². The van der Waals surface area contributed by atoms with E-state index in [1.54, 1.807) is 6.92 Å². The molecule has 0 unspecified atom stereocenters. The quantitative estimate of drug-likeness (QED) is 0.640. The molecule has 0 spiro atoms. The molecule has 0 saturated heterocycles. The fraction of sp³-hybridized carbons (Fsp3) is 0.278. The van der Waals surface area contributed by atoms with E-state index in [2.05, 4.69) is 5.32 Å². The van der Waals surface area contributed by atoms with Crippen molar-refractivity contribution in [2.75, 3.05) is 26.0 Å². The zero-order valence-electron chi connectivity index (χ0n) is 15.2. The van der Waals surface area contributed by atoms with Gasteiger partial charge in [0.15, 0.2) is 6.61 Å². The highest BCUT2D eigenvalue weighted by atomic mass is 32.1. The maximum Gasteiger partial charge on any atom is 0.344 e. The number of ether oxygens (including phenoxy) is 3. The van der Waals surface area contributed by atoms with E-state index in [9.17, 15) is 18.8 Å². The van der Waals surface area contributed by atoms with Crippen molar-refractivity contribution in [1.29, 1.82) is 0 Å². The molecule has 2 rings (SSSR count). The molecule has 2 aromatic rings. The molecular weight excluding hydrogens is 391 g/mol. The van der Waals surface area contributed by atoms with Gasteiger partial charge in [0.25, 0.3) is 5.91 Å². The molecule has 0 saturated carbocycles. The summed E-state index contributed by atoms with van der Waals surface area (Å²) in [5, 5.41) is 2.52. The van der Waals surface area contributed by atoms with Crippen molar-refractivity contribution in [1.82, 2.24) is 5.32 Å². The lowest BCUT2D eigenvalue weighted by Gasteiger charge is -2.09. The molecular formula is C18H19FN2O6S. The maximum absolute atomic E-state index is 13.1. The number of carbonyl (C=O) groups is 3. The van der Waals surface area contributed by atoms with Crippen molar-refractivity contribution >= 4 is 34.2 Å². The summed E-state index contributed by atoms with van der Waals surface area (Å²) in [5.41, 5.74) is 6.00. The highest BCUT2D eigenvalue weighted by Crippen LogP contribution is 2.32. The number of amides is 1. The van der Waals surface area contributed by atoms with Gasteiger partial charge in [-0.1, -0.05) is 6.07 Å². The summed E-state index contributed by atoms with van der Waals surface area (Å²) in [6, 6.07) is 5.28. The minimum absolute atomic E-state index is 0.00991. The number of carbonyl (C=O) groups excluding carboxylic acids is 3. The van der Waals surface area contributed by atoms with Crippen LogP contribution in [0.4, 0.5) is 9.39 Å². The van der Waals surface area contributed by atoms with Crippen molar-refractivity contribution in [2.45, 2.75) is 13.5 Å². The van der Waals surface area contributed by atoms with Gasteiger partial charge >= 0.3 is 11.9 Å². The molecule has 0 aliphatic carbocycles. The van der Waals surface area contributed by atoms with E-state index < -0.39 is 30.3 Å². The first kappa shape index (κ1) is 21.2. The number of halogens is 1. The van der Waals surface area contributed by atoms with Gasteiger partial charge in [0.05, 0.1) is 6.61 Å². The van der Waals surface area contributed by atoms with E-state index in [4.69, 9.17) is 19.9 Å². The summed E-state index contributed by atoms with van der Waals surface area (Å²) >= 11 is 0.892. The number of hydrogen-bond acceptors (Lipinski definition) is 8. The Morgan fingerprint density at radius 3 is 2.64 bits per heavy atom. The molecule has 1 amide bonds.